The zero-order valence-corrected chi connectivity index (χ0v) is 17.8. The van der Waals surface area contributed by atoms with Gasteiger partial charge in [-0.1, -0.05) is 45.0 Å². The Kier molecular flexibility index (Phi) is 6.97. The number of nitrogens with one attached hydrogen (secondary N) is 2. The van der Waals surface area contributed by atoms with Gasteiger partial charge in [-0.25, -0.2) is 0 Å². The zero-order valence-electron chi connectivity index (χ0n) is 17.8. The minimum atomic E-state index is -0.0560. The number of likely N-dealkylation sites (N-methyl/N-ethyl adjacent to an activating group) is 1. The Morgan fingerprint density at radius 3 is 2.04 bits per heavy atom. The number of quaternary nitrogens is 1. The fourth-order valence-electron chi connectivity index (χ4n) is 2.97. The monoisotopic (exact) mass is 382 g/mol. The second kappa shape index (κ2) is 9.02. The van der Waals surface area contributed by atoms with Gasteiger partial charge < -0.3 is 15.1 Å². The van der Waals surface area contributed by atoms with Crippen LogP contribution in [-0.4, -0.2) is 44.4 Å². The van der Waals surface area contributed by atoms with Crippen LogP contribution >= 0.6 is 0 Å². The van der Waals surface area contributed by atoms with E-state index in [9.17, 15) is 9.59 Å². The Morgan fingerprint density at radius 2 is 1.54 bits per heavy atom. The third kappa shape index (κ3) is 6.20. The van der Waals surface area contributed by atoms with E-state index in [-0.39, 0.29) is 17.2 Å². The Bertz CT molecular complexity index is 803. The highest BCUT2D eigenvalue weighted by Crippen LogP contribution is 2.21. The van der Waals surface area contributed by atoms with E-state index in [1.54, 1.807) is 38.4 Å². The minimum absolute atomic E-state index is 0.0458. The largest absolute Gasteiger partial charge is 0.345 e. The van der Waals surface area contributed by atoms with Crippen LogP contribution < -0.4 is 10.2 Å². The van der Waals surface area contributed by atoms with Crippen LogP contribution in [0.25, 0.3) is 0 Å². The van der Waals surface area contributed by atoms with Crippen LogP contribution in [0.5, 0.6) is 0 Å². The molecule has 2 aromatic rings. The predicted molar refractivity (Wildman–Crippen MR) is 114 cm³/mol. The molecule has 0 aliphatic carbocycles. The van der Waals surface area contributed by atoms with Crippen LogP contribution in [0.2, 0.25) is 0 Å². The fraction of sp³-hybridized carbons (Fsp3) is 0.391. The summed E-state index contributed by atoms with van der Waals surface area (Å²) < 4.78 is 0. The van der Waals surface area contributed by atoms with Gasteiger partial charge in [-0.3, -0.25) is 9.59 Å². The van der Waals surface area contributed by atoms with Gasteiger partial charge in [0.2, 0.25) is 0 Å². The first kappa shape index (κ1) is 21.6. The average molecular weight is 383 g/mol. The van der Waals surface area contributed by atoms with Gasteiger partial charge in [0.1, 0.15) is 6.54 Å². The van der Waals surface area contributed by atoms with E-state index in [0.29, 0.717) is 17.8 Å². The number of amides is 2. The number of carbonyl (C=O) groups excluding carboxylic acids is 2. The maximum Gasteiger partial charge on any atom is 0.279 e. The summed E-state index contributed by atoms with van der Waals surface area (Å²) >= 11 is 0. The fourth-order valence-corrected chi connectivity index (χ4v) is 2.97. The standard InChI is InChI=1S/C23H31N3O2/c1-23(2,3)19-11-7-17(8-12-19)15-26(6)16-21(27)24-20-13-9-18(10-14-20)22(28)25(4)5/h7-14H,15-16H2,1-6H3,(H,24,27)/p+1. The van der Waals surface area contributed by atoms with Gasteiger partial charge in [0.15, 0.2) is 6.54 Å². The normalized spacial score (nSPS) is 12.4. The Balaban J connectivity index is 1.88. The lowest BCUT2D eigenvalue weighted by Gasteiger charge is -2.19. The van der Waals surface area contributed by atoms with Gasteiger partial charge in [0.05, 0.1) is 7.05 Å². The highest BCUT2D eigenvalue weighted by Gasteiger charge is 2.15. The lowest BCUT2D eigenvalue weighted by atomic mass is 9.87. The number of hydrogen-bond donors (Lipinski definition) is 2. The van der Waals surface area contributed by atoms with Gasteiger partial charge in [-0.05, 0) is 35.2 Å². The molecule has 2 amide bonds. The Morgan fingerprint density at radius 1 is 0.964 bits per heavy atom. The van der Waals surface area contributed by atoms with Crippen molar-refractivity contribution in [2.24, 2.45) is 0 Å². The number of anilines is 1. The molecule has 0 aliphatic heterocycles. The van der Waals surface area contributed by atoms with Crippen LogP contribution in [0.3, 0.4) is 0 Å². The van der Waals surface area contributed by atoms with Gasteiger partial charge in [-0.15, -0.1) is 0 Å². The number of nitrogens with zero attached hydrogens (tertiary/aromatic N) is 1. The first-order valence-electron chi connectivity index (χ1n) is 9.58. The molecule has 5 heteroatoms. The van der Waals surface area contributed by atoms with Gasteiger partial charge >= 0.3 is 0 Å². The first-order valence-corrected chi connectivity index (χ1v) is 9.58. The highest BCUT2D eigenvalue weighted by molar-refractivity contribution is 5.95. The van der Waals surface area contributed by atoms with Crippen molar-refractivity contribution in [3.05, 3.63) is 65.2 Å². The molecule has 0 fully saturated rings. The quantitative estimate of drug-likeness (QED) is 0.806. The molecular formula is C23H32N3O2+. The van der Waals surface area contributed by atoms with Crippen molar-refractivity contribution in [1.29, 1.82) is 0 Å². The van der Waals surface area contributed by atoms with Gasteiger partial charge in [0, 0.05) is 30.9 Å². The molecule has 0 saturated carbocycles. The summed E-state index contributed by atoms with van der Waals surface area (Å²) in [6.45, 7) is 7.76. The topological polar surface area (TPSA) is 53.9 Å². The summed E-state index contributed by atoms with van der Waals surface area (Å²) in [5.74, 6) is -0.102. The molecule has 0 bridgehead atoms. The predicted octanol–water partition coefficient (Wildman–Crippen LogP) is 2.34. The van der Waals surface area contributed by atoms with Gasteiger partial charge in [-0.2, -0.15) is 0 Å². The van der Waals surface area contributed by atoms with Crippen LogP contribution in [0.15, 0.2) is 48.5 Å². The van der Waals surface area contributed by atoms with E-state index in [0.717, 1.165) is 11.4 Å². The van der Waals surface area contributed by atoms with Crippen LogP contribution in [0, 0.1) is 0 Å². The molecule has 5 nitrogen and oxygen atoms in total. The molecule has 2 rings (SSSR count). The molecule has 0 heterocycles. The Hall–Kier alpha value is -2.66. The van der Waals surface area contributed by atoms with Crippen molar-refractivity contribution < 1.29 is 14.5 Å². The number of rotatable bonds is 6. The summed E-state index contributed by atoms with van der Waals surface area (Å²) in [5, 5.41) is 2.90. The van der Waals surface area contributed by atoms with E-state index < -0.39 is 0 Å². The third-order valence-electron chi connectivity index (χ3n) is 4.61. The van der Waals surface area contributed by atoms with E-state index >= 15 is 0 Å². The molecule has 1 unspecified atom stereocenters. The maximum atomic E-state index is 12.3. The minimum Gasteiger partial charge on any atom is -0.345 e. The smallest absolute Gasteiger partial charge is 0.279 e. The maximum absolute atomic E-state index is 12.3. The molecule has 2 aromatic carbocycles. The highest BCUT2D eigenvalue weighted by atomic mass is 16.2. The summed E-state index contributed by atoms with van der Waals surface area (Å²) in [6, 6.07) is 15.6. The summed E-state index contributed by atoms with van der Waals surface area (Å²) in [4.78, 5) is 26.9. The molecule has 0 radical (unpaired) electrons. The molecular weight excluding hydrogens is 350 g/mol. The van der Waals surface area contributed by atoms with Crippen LogP contribution in [-0.2, 0) is 16.8 Å². The number of benzene rings is 2. The zero-order chi connectivity index (χ0) is 20.9. The number of hydrogen-bond acceptors (Lipinski definition) is 2. The van der Waals surface area contributed by atoms with E-state index in [1.165, 1.54) is 16.0 Å². The molecule has 1 atom stereocenters. The molecule has 2 N–H and O–H groups in total. The van der Waals surface area contributed by atoms with Crippen molar-refractivity contribution in [2.75, 3.05) is 33.0 Å². The third-order valence-corrected chi connectivity index (χ3v) is 4.61. The SMILES string of the molecule is CN(C)C(=O)c1ccc(NC(=O)C[NH+](C)Cc2ccc(C(C)(C)C)cc2)cc1. The molecule has 0 saturated heterocycles. The summed E-state index contributed by atoms with van der Waals surface area (Å²) in [5.41, 5.74) is 3.96. The molecule has 0 aromatic heterocycles. The lowest BCUT2D eigenvalue weighted by Crippen LogP contribution is -3.08. The van der Waals surface area contributed by atoms with Crippen molar-refractivity contribution >= 4 is 17.5 Å². The first-order chi connectivity index (χ1) is 13.1. The molecule has 28 heavy (non-hydrogen) atoms. The number of carbonyl (C=O) groups is 2. The van der Waals surface area contributed by atoms with Crippen molar-refractivity contribution in [3.63, 3.8) is 0 Å². The Labute approximate surface area is 168 Å². The molecule has 150 valence electrons. The summed E-state index contributed by atoms with van der Waals surface area (Å²) in [7, 11) is 5.44. The molecule has 0 aliphatic rings. The average Bonchev–Trinajstić information content (AvgIpc) is 2.61. The van der Waals surface area contributed by atoms with E-state index in [1.807, 2.05) is 7.05 Å². The van der Waals surface area contributed by atoms with Crippen molar-refractivity contribution in [3.8, 4) is 0 Å². The van der Waals surface area contributed by atoms with Gasteiger partial charge in [0.25, 0.3) is 11.8 Å². The lowest BCUT2D eigenvalue weighted by molar-refractivity contribution is -0.885. The van der Waals surface area contributed by atoms with E-state index in [4.69, 9.17) is 0 Å². The second-order valence-corrected chi connectivity index (χ2v) is 8.58. The van der Waals surface area contributed by atoms with Crippen LogP contribution in [0.4, 0.5) is 5.69 Å². The second-order valence-electron chi connectivity index (χ2n) is 8.58. The van der Waals surface area contributed by atoms with Crippen molar-refractivity contribution in [2.45, 2.75) is 32.7 Å². The molecule has 0 spiro atoms. The summed E-state index contributed by atoms with van der Waals surface area (Å²) in [6.07, 6.45) is 0. The van der Waals surface area contributed by atoms with E-state index in [2.05, 4.69) is 50.4 Å². The van der Waals surface area contributed by atoms with Crippen LogP contribution in [0.1, 0.15) is 42.3 Å². The van der Waals surface area contributed by atoms with Crippen molar-refractivity contribution in [1.82, 2.24) is 4.90 Å².